The number of methoxy groups -OCH3 is 1. The summed E-state index contributed by atoms with van der Waals surface area (Å²) in [6, 6.07) is 15.1. The third-order valence-corrected chi connectivity index (χ3v) is 6.76. The summed E-state index contributed by atoms with van der Waals surface area (Å²) in [5.74, 6) is 1.20. The lowest BCUT2D eigenvalue weighted by Gasteiger charge is -2.36. The SMILES string of the molecule is COc1ccccc1N1CCN(S(=O)(=O)c2ccc(C(C)C)cc2)CC1. The Hall–Kier alpha value is -2.05. The molecule has 1 fully saturated rings. The van der Waals surface area contributed by atoms with Gasteiger partial charge in [0, 0.05) is 26.2 Å². The van der Waals surface area contributed by atoms with Gasteiger partial charge < -0.3 is 9.64 Å². The van der Waals surface area contributed by atoms with E-state index in [9.17, 15) is 8.42 Å². The number of sulfonamides is 1. The minimum atomic E-state index is -3.45. The van der Waals surface area contributed by atoms with Crippen molar-refractivity contribution in [1.82, 2.24) is 4.31 Å². The summed E-state index contributed by atoms with van der Waals surface area (Å²) in [6.45, 7) is 6.41. The van der Waals surface area contributed by atoms with Crippen molar-refractivity contribution in [3.8, 4) is 5.75 Å². The molecular formula is C20H26N2O3S. The normalized spacial score (nSPS) is 16.1. The predicted molar refractivity (Wildman–Crippen MR) is 104 cm³/mol. The van der Waals surface area contributed by atoms with Crippen molar-refractivity contribution in [3.05, 3.63) is 54.1 Å². The van der Waals surface area contributed by atoms with Crippen molar-refractivity contribution in [1.29, 1.82) is 0 Å². The largest absolute Gasteiger partial charge is 0.495 e. The second-order valence-electron chi connectivity index (χ2n) is 6.79. The molecule has 0 aliphatic carbocycles. The fourth-order valence-corrected chi connectivity index (χ4v) is 4.66. The molecule has 6 heteroatoms. The average molecular weight is 375 g/mol. The Kier molecular flexibility index (Phi) is 5.53. The first-order valence-electron chi connectivity index (χ1n) is 8.91. The summed E-state index contributed by atoms with van der Waals surface area (Å²) in [5.41, 5.74) is 2.15. The Balaban J connectivity index is 1.72. The number of anilines is 1. The van der Waals surface area contributed by atoms with Gasteiger partial charge in [-0.2, -0.15) is 4.31 Å². The number of nitrogens with zero attached hydrogens (tertiary/aromatic N) is 2. The van der Waals surface area contributed by atoms with Crippen LogP contribution in [0.3, 0.4) is 0 Å². The quantitative estimate of drug-likeness (QED) is 0.805. The lowest BCUT2D eigenvalue weighted by atomic mass is 10.0. The van der Waals surface area contributed by atoms with Crippen LogP contribution >= 0.6 is 0 Å². The molecule has 0 saturated carbocycles. The zero-order chi connectivity index (χ0) is 18.7. The van der Waals surface area contributed by atoms with Crippen LogP contribution in [0.15, 0.2) is 53.4 Å². The van der Waals surface area contributed by atoms with Crippen LogP contribution in [0.2, 0.25) is 0 Å². The molecule has 0 atom stereocenters. The highest BCUT2D eigenvalue weighted by molar-refractivity contribution is 7.89. The van der Waals surface area contributed by atoms with E-state index in [-0.39, 0.29) is 0 Å². The summed E-state index contributed by atoms with van der Waals surface area (Å²) >= 11 is 0. The summed E-state index contributed by atoms with van der Waals surface area (Å²) in [6.07, 6.45) is 0. The second kappa shape index (κ2) is 7.68. The molecule has 0 aromatic heterocycles. The van der Waals surface area contributed by atoms with Crippen LogP contribution in [0.1, 0.15) is 25.3 Å². The smallest absolute Gasteiger partial charge is 0.243 e. The number of ether oxygens (including phenoxy) is 1. The fraction of sp³-hybridized carbons (Fsp3) is 0.400. The van der Waals surface area contributed by atoms with E-state index in [1.807, 2.05) is 36.4 Å². The molecule has 0 bridgehead atoms. The monoisotopic (exact) mass is 374 g/mol. The maximum absolute atomic E-state index is 12.9. The highest BCUT2D eigenvalue weighted by Gasteiger charge is 2.29. The molecule has 0 radical (unpaired) electrons. The van der Waals surface area contributed by atoms with Gasteiger partial charge in [0.25, 0.3) is 0 Å². The Labute approximate surface area is 156 Å². The minimum Gasteiger partial charge on any atom is -0.495 e. The fourth-order valence-electron chi connectivity index (χ4n) is 3.23. The molecule has 0 N–H and O–H groups in total. The van der Waals surface area contributed by atoms with Gasteiger partial charge in [0.2, 0.25) is 10.0 Å². The van der Waals surface area contributed by atoms with Gasteiger partial charge in [0.1, 0.15) is 5.75 Å². The summed E-state index contributed by atoms with van der Waals surface area (Å²) in [7, 11) is -1.80. The lowest BCUT2D eigenvalue weighted by molar-refractivity contribution is 0.378. The third-order valence-electron chi connectivity index (χ3n) is 4.85. The Morgan fingerprint density at radius 2 is 1.54 bits per heavy atom. The number of piperazine rings is 1. The molecule has 140 valence electrons. The van der Waals surface area contributed by atoms with Crippen molar-refractivity contribution < 1.29 is 13.2 Å². The third kappa shape index (κ3) is 3.71. The molecule has 0 spiro atoms. The van der Waals surface area contributed by atoms with Gasteiger partial charge in [-0.1, -0.05) is 38.1 Å². The first kappa shape index (κ1) is 18.7. The van der Waals surface area contributed by atoms with E-state index in [1.54, 1.807) is 23.5 Å². The number of benzene rings is 2. The van der Waals surface area contributed by atoms with Crippen LogP contribution in [0.4, 0.5) is 5.69 Å². The zero-order valence-corrected chi connectivity index (χ0v) is 16.4. The highest BCUT2D eigenvalue weighted by Crippen LogP contribution is 2.29. The van der Waals surface area contributed by atoms with E-state index in [4.69, 9.17) is 4.74 Å². The van der Waals surface area contributed by atoms with E-state index in [1.165, 1.54) is 0 Å². The van der Waals surface area contributed by atoms with Crippen LogP contribution in [0, 0.1) is 0 Å². The van der Waals surface area contributed by atoms with E-state index in [0.717, 1.165) is 17.0 Å². The van der Waals surface area contributed by atoms with E-state index >= 15 is 0 Å². The van der Waals surface area contributed by atoms with Gasteiger partial charge in [-0.3, -0.25) is 0 Å². The number of rotatable bonds is 5. The first-order valence-corrected chi connectivity index (χ1v) is 10.4. The summed E-state index contributed by atoms with van der Waals surface area (Å²) < 4.78 is 32.8. The summed E-state index contributed by atoms with van der Waals surface area (Å²) in [4.78, 5) is 2.54. The van der Waals surface area contributed by atoms with Crippen molar-refractivity contribution in [2.45, 2.75) is 24.7 Å². The number of para-hydroxylation sites is 2. The average Bonchev–Trinajstić information content (AvgIpc) is 2.68. The Bertz CT molecular complexity index is 840. The molecule has 2 aromatic carbocycles. The van der Waals surface area contributed by atoms with E-state index in [0.29, 0.717) is 37.0 Å². The van der Waals surface area contributed by atoms with Crippen molar-refractivity contribution in [2.24, 2.45) is 0 Å². The molecule has 0 unspecified atom stereocenters. The molecule has 26 heavy (non-hydrogen) atoms. The van der Waals surface area contributed by atoms with E-state index < -0.39 is 10.0 Å². The molecule has 2 aromatic rings. The molecular weight excluding hydrogens is 348 g/mol. The molecule has 1 aliphatic rings. The van der Waals surface area contributed by atoms with Crippen LogP contribution < -0.4 is 9.64 Å². The van der Waals surface area contributed by atoms with Gasteiger partial charge in [-0.25, -0.2) is 8.42 Å². The van der Waals surface area contributed by atoms with Gasteiger partial charge in [-0.05, 0) is 35.7 Å². The van der Waals surface area contributed by atoms with Gasteiger partial charge >= 0.3 is 0 Å². The molecule has 1 aliphatic heterocycles. The maximum atomic E-state index is 12.9. The van der Waals surface area contributed by atoms with Gasteiger partial charge in [0.05, 0.1) is 17.7 Å². The van der Waals surface area contributed by atoms with E-state index in [2.05, 4.69) is 18.7 Å². The molecule has 5 nitrogen and oxygen atoms in total. The van der Waals surface area contributed by atoms with Crippen molar-refractivity contribution in [3.63, 3.8) is 0 Å². The minimum absolute atomic E-state index is 0.368. The van der Waals surface area contributed by atoms with Crippen molar-refractivity contribution in [2.75, 3.05) is 38.2 Å². The van der Waals surface area contributed by atoms with Crippen molar-refractivity contribution >= 4 is 15.7 Å². The predicted octanol–water partition coefficient (Wildman–Crippen LogP) is 3.33. The zero-order valence-electron chi connectivity index (χ0n) is 15.6. The second-order valence-corrected chi connectivity index (χ2v) is 8.72. The molecule has 3 rings (SSSR count). The van der Waals surface area contributed by atoms with Crippen LogP contribution in [0.5, 0.6) is 5.75 Å². The maximum Gasteiger partial charge on any atom is 0.243 e. The number of hydrogen-bond donors (Lipinski definition) is 0. The highest BCUT2D eigenvalue weighted by atomic mass is 32.2. The van der Waals surface area contributed by atoms with Gasteiger partial charge in [0.15, 0.2) is 0 Å². The first-order chi connectivity index (χ1) is 12.4. The Morgan fingerprint density at radius 3 is 2.12 bits per heavy atom. The standard InChI is InChI=1S/C20H26N2O3S/c1-16(2)17-8-10-18(11-9-17)26(23,24)22-14-12-21(13-15-22)19-6-4-5-7-20(19)25-3/h4-11,16H,12-15H2,1-3H3. The number of hydrogen-bond acceptors (Lipinski definition) is 4. The molecule has 0 amide bonds. The Morgan fingerprint density at radius 1 is 0.923 bits per heavy atom. The molecule has 1 heterocycles. The van der Waals surface area contributed by atoms with Crippen LogP contribution in [-0.4, -0.2) is 46.0 Å². The topological polar surface area (TPSA) is 49.9 Å². The van der Waals surface area contributed by atoms with Crippen LogP contribution in [-0.2, 0) is 10.0 Å². The summed E-state index contributed by atoms with van der Waals surface area (Å²) in [5, 5.41) is 0. The van der Waals surface area contributed by atoms with Crippen LogP contribution in [0.25, 0.3) is 0 Å². The van der Waals surface area contributed by atoms with Gasteiger partial charge in [-0.15, -0.1) is 0 Å². The molecule has 1 saturated heterocycles. The lowest BCUT2D eigenvalue weighted by Crippen LogP contribution is -2.48.